The molecule has 2 N–H and O–H groups in total. The third-order valence-corrected chi connectivity index (χ3v) is 3.85. The molecule has 1 aliphatic heterocycles. The molecule has 1 aromatic carbocycles. The first-order chi connectivity index (χ1) is 9.65. The lowest BCUT2D eigenvalue weighted by Gasteiger charge is -2.34. The summed E-state index contributed by atoms with van der Waals surface area (Å²) in [7, 11) is 1.94. The summed E-state index contributed by atoms with van der Waals surface area (Å²) in [5.74, 6) is 0.141. The number of para-hydroxylation sites is 1. The lowest BCUT2D eigenvalue weighted by Crippen LogP contribution is -2.50. The number of likely N-dealkylation sites (N-methyl/N-ethyl adjacent to an activating group) is 1. The minimum absolute atomic E-state index is 0.141. The molecule has 1 atom stereocenters. The van der Waals surface area contributed by atoms with E-state index in [4.69, 9.17) is 10.5 Å². The molecule has 5 nitrogen and oxygen atoms in total. The van der Waals surface area contributed by atoms with Crippen LogP contribution < -0.4 is 10.6 Å². The van der Waals surface area contributed by atoms with Crippen molar-refractivity contribution >= 4 is 11.6 Å². The van der Waals surface area contributed by atoms with Gasteiger partial charge in [0.2, 0.25) is 5.91 Å². The number of ether oxygens (including phenoxy) is 1. The Balaban J connectivity index is 2.11. The Kier molecular flexibility index (Phi) is 4.98. The Morgan fingerprint density at radius 3 is 2.70 bits per heavy atom. The molecule has 1 saturated heterocycles. The Hall–Kier alpha value is -1.59. The second kappa shape index (κ2) is 6.72. The van der Waals surface area contributed by atoms with Gasteiger partial charge in [0.1, 0.15) is 6.04 Å². The van der Waals surface area contributed by atoms with E-state index in [2.05, 4.69) is 0 Å². The molecule has 1 aliphatic rings. The van der Waals surface area contributed by atoms with E-state index < -0.39 is 0 Å². The number of amides is 1. The second-order valence-corrected chi connectivity index (χ2v) is 5.06. The number of nitrogens with two attached hydrogens (primary N) is 1. The summed E-state index contributed by atoms with van der Waals surface area (Å²) in [5, 5.41) is 0. The molecular weight excluding hydrogens is 254 g/mol. The predicted octanol–water partition coefficient (Wildman–Crippen LogP) is 0.829. The van der Waals surface area contributed by atoms with E-state index in [1.54, 1.807) is 0 Å². The molecule has 0 spiro atoms. The lowest BCUT2D eigenvalue weighted by molar-refractivity contribution is -0.136. The first kappa shape index (κ1) is 14.8. The molecule has 0 saturated carbocycles. The molecular formula is C15H23N3O2. The van der Waals surface area contributed by atoms with Gasteiger partial charge in [0, 0.05) is 32.4 Å². The number of anilines is 1. The van der Waals surface area contributed by atoms with Crippen molar-refractivity contribution in [2.75, 3.05) is 38.3 Å². The monoisotopic (exact) mass is 277 g/mol. The van der Waals surface area contributed by atoms with E-state index in [9.17, 15) is 4.79 Å². The second-order valence-electron chi connectivity index (χ2n) is 5.06. The van der Waals surface area contributed by atoms with E-state index in [1.165, 1.54) is 0 Å². The fraction of sp³-hybridized carbons (Fsp3) is 0.533. The maximum Gasteiger partial charge on any atom is 0.245 e. The summed E-state index contributed by atoms with van der Waals surface area (Å²) in [4.78, 5) is 16.4. The molecule has 2 rings (SSSR count). The average Bonchev–Trinajstić information content (AvgIpc) is 2.53. The van der Waals surface area contributed by atoms with Gasteiger partial charge in [-0.15, -0.1) is 0 Å². The van der Waals surface area contributed by atoms with Gasteiger partial charge in [-0.25, -0.2) is 0 Å². The summed E-state index contributed by atoms with van der Waals surface area (Å²) < 4.78 is 5.29. The first-order valence-corrected chi connectivity index (χ1v) is 7.02. The molecule has 20 heavy (non-hydrogen) atoms. The third-order valence-electron chi connectivity index (χ3n) is 3.85. The van der Waals surface area contributed by atoms with Crippen LogP contribution in [0.15, 0.2) is 24.3 Å². The van der Waals surface area contributed by atoms with E-state index in [0.717, 1.165) is 11.3 Å². The zero-order valence-electron chi connectivity index (χ0n) is 12.2. The van der Waals surface area contributed by atoms with Crippen molar-refractivity contribution in [1.82, 2.24) is 4.90 Å². The fourth-order valence-corrected chi connectivity index (χ4v) is 2.45. The van der Waals surface area contributed by atoms with Crippen LogP contribution in [0.25, 0.3) is 0 Å². The molecule has 110 valence electrons. The number of morpholine rings is 1. The van der Waals surface area contributed by atoms with E-state index in [-0.39, 0.29) is 11.9 Å². The summed E-state index contributed by atoms with van der Waals surface area (Å²) in [5.41, 5.74) is 7.84. The van der Waals surface area contributed by atoms with Gasteiger partial charge in [0.15, 0.2) is 0 Å². The number of nitrogens with zero attached hydrogens (tertiary/aromatic N) is 2. The van der Waals surface area contributed by atoms with Crippen molar-refractivity contribution in [1.29, 1.82) is 0 Å². The van der Waals surface area contributed by atoms with Crippen molar-refractivity contribution in [3.05, 3.63) is 29.8 Å². The molecule has 0 radical (unpaired) electrons. The fourth-order valence-electron chi connectivity index (χ4n) is 2.45. The summed E-state index contributed by atoms with van der Waals surface area (Å²) in [6.07, 6.45) is 0. The van der Waals surface area contributed by atoms with Crippen molar-refractivity contribution < 1.29 is 9.53 Å². The van der Waals surface area contributed by atoms with E-state index >= 15 is 0 Å². The predicted molar refractivity (Wildman–Crippen MR) is 79.6 cm³/mol. The Morgan fingerprint density at radius 1 is 1.40 bits per heavy atom. The minimum Gasteiger partial charge on any atom is -0.378 e. The minimum atomic E-state index is -0.208. The summed E-state index contributed by atoms with van der Waals surface area (Å²) in [6.45, 7) is 5.01. The van der Waals surface area contributed by atoms with Crippen molar-refractivity contribution in [2.24, 2.45) is 5.73 Å². The largest absolute Gasteiger partial charge is 0.378 e. The van der Waals surface area contributed by atoms with E-state index in [0.29, 0.717) is 32.8 Å². The highest BCUT2D eigenvalue weighted by Gasteiger charge is 2.26. The van der Waals surface area contributed by atoms with Gasteiger partial charge in [-0.2, -0.15) is 0 Å². The van der Waals surface area contributed by atoms with Crippen LogP contribution in [0, 0.1) is 0 Å². The van der Waals surface area contributed by atoms with Gasteiger partial charge in [-0.1, -0.05) is 18.2 Å². The van der Waals surface area contributed by atoms with Crippen LogP contribution in [0.2, 0.25) is 0 Å². The Bertz CT molecular complexity index is 458. The molecule has 1 heterocycles. The van der Waals surface area contributed by atoms with Gasteiger partial charge in [-0.3, -0.25) is 4.79 Å². The summed E-state index contributed by atoms with van der Waals surface area (Å²) in [6, 6.07) is 7.73. The molecule has 5 heteroatoms. The maximum atomic E-state index is 12.5. The van der Waals surface area contributed by atoms with Crippen molar-refractivity contribution in [3.63, 3.8) is 0 Å². The highest BCUT2D eigenvalue weighted by atomic mass is 16.5. The SMILES string of the molecule is CC(C(=O)N1CCOCC1)N(C)c1ccccc1CN. The van der Waals surface area contributed by atoms with Gasteiger partial charge < -0.3 is 20.3 Å². The van der Waals surface area contributed by atoms with Crippen LogP contribution in [0.3, 0.4) is 0 Å². The van der Waals surface area contributed by atoms with Crippen molar-refractivity contribution in [2.45, 2.75) is 19.5 Å². The zero-order chi connectivity index (χ0) is 14.5. The number of benzene rings is 1. The number of hydrogen-bond acceptors (Lipinski definition) is 4. The van der Waals surface area contributed by atoms with Gasteiger partial charge in [0.05, 0.1) is 13.2 Å². The van der Waals surface area contributed by atoms with Crippen molar-refractivity contribution in [3.8, 4) is 0 Å². The summed E-state index contributed by atoms with van der Waals surface area (Å²) >= 11 is 0. The normalized spacial score (nSPS) is 16.9. The molecule has 1 unspecified atom stereocenters. The third kappa shape index (κ3) is 3.11. The Labute approximate surface area is 120 Å². The topological polar surface area (TPSA) is 58.8 Å². The lowest BCUT2D eigenvalue weighted by atomic mass is 10.1. The van der Waals surface area contributed by atoms with Crippen LogP contribution in [-0.4, -0.2) is 50.2 Å². The number of carbonyl (C=O) groups excluding carboxylic acids is 1. The first-order valence-electron chi connectivity index (χ1n) is 7.02. The smallest absolute Gasteiger partial charge is 0.245 e. The molecule has 1 amide bonds. The van der Waals surface area contributed by atoms with Crippen LogP contribution in [0.4, 0.5) is 5.69 Å². The highest BCUT2D eigenvalue weighted by Crippen LogP contribution is 2.21. The van der Waals surface area contributed by atoms with Gasteiger partial charge in [-0.05, 0) is 18.6 Å². The van der Waals surface area contributed by atoms with Crippen LogP contribution >= 0.6 is 0 Å². The van der Waals surface area contributed by atoms with E-state index in [1.807, 2.05) is 48.0 Å². The number of hydrogen-bond donors (Lipinski definition) is 1. The highest BCUT2D eigenvalue weighted by molar-refractivity contribution is 5.85. The molecule has 1 aromatic rings. The molecule has 1 fully saturated rings. The molecule has 0 bridgehead atoms. The number of rotatable bonds is 4. The Morgan fingerprint density at radius 2 is 2.05 bits per heavy atom. The quantitative estimate of drug-likeness (QED) is 0.885. The maximum absolute atomic E-state index is 12.5. The number of carbonyl (C=O) groups is 1. The van der Waals surface area contributed by atoms with Crippen LogP contribution in [0.1, 0.15) is 12.5 Å². The van der Waals surface area contributed by atoms with Gasteiger partial charge in [0.25, 0.3) is 0 Å². The van der Waals surface area contributed by atoms with Crippen LogP contribution in [0.5, 0.6) is 0 Å². The standard InChI is InChI=1S/C15H23N3O2/c1-12(15(19)18-7-9-20-10-8-18)17(2)14-6-4-3-5-13(14)11-16/h3-6,12H,7-11,16H2,1-2H3. The van der Waals surface area contributed by atoms with Gasteiger partial charge >= 0.3 is 0 Å². The van der Waals surface area contributed by atoms with Crippen LogP contribution in [-0.2, 0) is 16.1 Å². The molecule has 0 aliphatic carbocycles. The molecule has 0 aromatic heterocycles. The zero-order valence-corrected chi connectivity index (χ0v) is 12.2. The average molecular weight is 277 g/mol.